The summed E-state index contributed by atoms with van der Waals surface area (Å²) in [6.45, 7) is 7.51. The van der Waals surface area contributed by atoms with Crippen molar-refractivity contribution in [2.24, 2.45) is 0 Å². The highest BCUT2D eigenvalue weighted by Crippen LogP contribution is 2.27. The Morgan fingerprint density at radius 2 is 1.77 bits per heavy atom. The maximum atomic E-state index is 12.5. The lowest BCUT2D eigenvalue weighted by Gasteiger charge is -2.41. The number of likely N-dealkylation sites (tertiary alicyclic amines) is 1. The van der Waals surface area contributed by atoms with Gasteiger partial charge >= 0.3 is 6.09 Å². The Balaban J connectivity index is 2.81. The number of ketones is 1. The van der Waals surface area contributed by atoms with Crippen LogP contribution in [-0.2, 0) is 19.0 Å². The van der Waals surface area contributed by atoms with Crippen molar-refractivity contribution in [3.05, 3.63) is 0 Å². The van der Waals surface area contributed by atoms with Crippen LogP contribution in [-0.4, -0.2) is 55.0 Å². The van der Waals surface area contributed by atoms with Crippen LogP contribution >= 0.6 is 0 Å². The Morgan fingerprint density at radius 1 is 1.18 bits per heavy atom. The summed E-state index contributed by atoms with van der Waals surface area (Å²) in [4.78, 5) is 26.4. The van der Waals surface area contributed by atoms with E-state index in [4.69, 9.17) is 14.2 Å². The molecule has 1 fully saturated rings. The van der Waals surface area contributed by atoms with Gasteiger partial charge in [-0.1, -0.05) is 0 Å². The molecule has 0 bridgehead atoms. The fourth-order valence-electron chi connectivity index (χ4n) is 2.82. The van der Waals surface area contributed by atoms with Gasteiger partial charge < -0.3 is 19.1 Å². The van der Waals surface area contributed by atoms with E-state index < -0.39 is 11.9 Å². The number of methoxy groups -OCH3 is 2. The molecule has 0 aromatic rings. The maximum absolute atomic E-state index is 12.5. The first-order valence-electron chi connectivity index (χ1n) is 7.79. The molecule has 2 atom stereocenters. The summed E-state index contributed by atoms with van der Waals surface area (Å²) < 4.78 is 15.5. The normalized spacial score (nSPS) is 22.8. The third-order valence-corrected chi connectivity index (χ3v) is 3.76. The number of amides is 1. The number of hydrogen-bond acceptors (Lipinski definition) is 5. The molecule has 6 heteroatoms. The largest absolute Gasteiger partial charge is 0.444 e. The van der Waals surface area contributed by atoms with Crippen molar-refractivity contribution in [1.82, 2.24) is 4.90 Å². The second-order valence-electron chi connectivity index (χ2n) is 6.80. The fourth-order valence-corrected chi connectivity index (χ4v) is 2.82. The van der Waals surface area contributed by atoms with Gasteiger partial charge in [0.1, 0.15) is 5.60 Å². The van der Waals surface area contributed by atoms with E-state index in [2.05, 4.69) is 0 Å². The standard InChI is InChI=1S/C16H29NO5/c1-11-8-7-9-12(10-13(18)14(20-5)21-6)17(11)15(19)22-16(2,3)4/h11-12,14H,7-10H2,1-6H3. The number of ether oxygens (including phenoxy) is 3. The topological polar surface area (TPSA) is 65.1 Å². The minimum absolute atomic E-state index is 0.0601. The van der Waals surface area contributed by atoms with Gasteiger partial charge in [0.05, 0.1) is 0 Å². The van der Waals surface area contributed by atoms with Crippen molar-refractivity contribution >= 4 is 11.9 Å². The number of nitrogens with zero attached hydrogens (tertiary/aromatic N) is 1. The Bertz CT molecular complexity index is 386. The lowest BCUT2D eigenvalue weighted by molar-refractivity contribution is -0.158. The molecule has 0 radical (unpaired) electrons. The van der Waals surface area contributed by atoms with Crippen LogP contribution in [0.25, 0.3) is 0 Å². The van der Waals surface area contributed by atoms with E-state index in [0.717, 1.165) is 19.3 Å². The summed E-state index contributed by atoms with van der Waals surface area (Å²) in [5.41, 5.74) is -0.551. The summed E-state index contributed by atoms with van der Waals surface area (Å²) in [5.74, 6) is -0.155. The molecule has 1 aliphatic heterocycles. The highest BCUT2D eigenvalue weighted by Gasteiger charge is 2.36. The molecule has 2 unspecified atom stereocenters. The molecule has 1 heterocycles. The Morgan fingerprint density at radius 3 is 2.27 bits per heavy atom. The number of piperidine rings is 1. The van der Waals surface area contributed by atoms with Crippen molar-refractivity contribution in [2.75, 3.05) is 14.2 Å². The van der Waals surface area contributed by atoms with E-state index in [1.165, 1.54) is 14.2 Å². The summed E-state index contributed by atoms with van der Waals surface area (Å²) in [6.07, 6.45) is 1.68. The second kappa shape index (κ2) is 7.92. The monoisotopic (exact) mass is 315 g/mol. The Hall–Kier alpha value is -1.14. The predicted octanol–water partition coefficient (Wildman–Crippen LogP) is 2.74. The first kappa shape index (κ1) is 18.9. The average molecular weight is 315 g/mol. The molecule has 0 saturated carbocycles. The van der Waals surface area contributed by atoms with Gasteiger partial charge in [0.25, 0.3) is 0 Å². The molecule has 0 spiro atoms. The Labute approximate surface area is 133 Å². The average Bonchev–Trinajstić information content (AvgIpc) is 2.37. The van der Waals surface area contributed by atoms with Gasteiger partial charge in [-0.3, -0.25) is 4.79 Å². The lowest BCUT2D eigenvalue weighted by atomic mass is 9.93. The van der Waals surface area contributed by atoms with Crippen molar-refractivity contribution in [2.45, 2.75) is 77.4 Å². The highest BCUT2D eigenvalue weighted by atomic mass is 16.7. The van der Waals surface area contributed by atoms with E-state index in [1.807, 2.05) is 27.7 Å². The summed E-state index contributed by atoms with van der Waals surface area (Å²) >= 11 is 0. The summed E-state index contributed by atoms with van der Waals surface area (Å²) in [6, 6.07) is -0.108. The van der Waals surface area contributed by atoms with Crippen LogP contribution < -0.4 is 0 Å². The number of Topliss-reactive ketones (excluding diaryl/α,β-unsaturated/α-hetero) is 1. The highest BCUT2D eigenvalue weighted by molar-refractivity contribution is 5.83. The number of hydrogen-bond donors (Lipinski definition) is 0. The molecule has 1 rings (SSSR count). The molecule has 0 N–H and O–H groups in total. The maximum Gasteiger partial charge on any atom is 0.410 e. The van der Waals surface area contributed by atoms with Gasteiger partial charge in [-0.15, -0.1) is 0 Å². The molecule has 0 aliphatic carbocycles. The van der Waals surface area contributed by atoms with Gasteiger partial charge in [-0.2, -0.15) is 0 Å². The number of rotatable bonds is 5. The van der Waals surface area contributed by atoms with E-state index in [-0.39, 0.29) is 30.4 Å². The summed E-state index contributed by atoms with van der Waals surface area (Å²) in [5, 5.41) is 0. The van der Waals surface area contributed by atoms with E-state index >= 15 is 0 Å². The van der Waals surface area contributed by atoms with Crippen molar-refractivity contribution in [3.63, 3.8) is 0 Å². The molecule has 128 valence electrons. The Kier molecular flexibility index (Phi) is 6.81. The zero-order valence-electron chi connectivity index (χ0n) is 14.5. The van der Waals surface area contributed by atoms with Crippen molar-refractivity contribution in [3.8, 4) is 0 Å². The molecule has 1 amide bonds. The van der Waals surface area contributed by atoms with Gasteiger partial charge in [0, 0.05) is 32.7 Å². The second-order valence-corrected chi connectivity index (χ2v) is 6.80. The van der Waals surface area contributed by atoms with Gasteiger partial charge in [0.2, 0.25) is 6.29 Å². The van der Waals surface area contributed by atoms with E-state index in [9.17, 15) is 9.59 Å². The van der Waals surface area contributed by atoms with Gasteiger partial charge in [-0.05, 0) is 47.0 Å². The van der Waals surface area contributed by atoms with Crippen LogP contribution in [0.4, 0.5) is 4.79 Å². The molecule has 6 nitrogen and oxygen atoms in total. The van der Waals surface area contributed by atoms with Crippen LogP contribution in [0.1, 0.15) is 53.4 Å². The molecular formula is C16H29NO5. The van der Waals surface area contributed by atoms with Crippen LogP contribution in [0, 0.1) is 0 Å². The predicted molar refractivity (Wildman–Crippen MR) is 82.6 cm³/mol. The third-order valence-electron chi connectivity index (χ3n) is 3.76. The van der Waals surface area contributed by atoms with Crippen molar-refractivity contribution < 1.29 is 23.8 Å². The fraction of sp³-hybridized carbons (Fsp3) is 0.875. The first-order valence-corrected chi connectivity index (χ1v) is 7.79. The van der Waals surface area contributed by atoms with Gasteiger partial charge in [-0.25, -0.2) is 4.79 Å². The number of carbonyl (C=O) groups is 2. The molecule has 0 aromatic carbocycles. The van der Waals surface area contributed by atoms with Crippen LogP contribution in [0.15, 0.2) is 0 Å². The minimum atomic E-state index is -0.877. The quantitative estimate of drug-likeness (QED) is 0.730. The lowest BCUT2D eigenvalue weighted by Crippen LogP contribution is -2.51. The molecule has 0 aromatic heterocycles. The van der Waals surface area contributed by atoms with Gasteiger partial charge in [0.15, 0.2) is 5.78 Å². The molecule has 1 aliphatic rings. The molecule has 1 saturated heterocycles. The van der Waals surface area contributed by atoms with Crippen LogP contribution in [0.2, 0.25) is 0 Å². The van der Waals surface area contributed by atoms with Crippen LogP contribution in [0.3, 0.4) is 0 Å². The van der Waals surface area contributed by atoms with Crippen molar-refractivity contribution in [1.29, 1.82) is 0 Å². The zero-order valence-corrected chi connectivity index (χ0v) is 14.5. The smallest absolute Gasteiger partial charge is 0.410 e. The molecule has 22 heavy (non-hydrogen) atoms. The SMILES string of the molecule is COC(OC)C(=O)CC1CCCC(C)N1C(=O)OC(C)(C)C. The van der Waals surface area contributed by atoms with Crippen LogP contribution in [0.5, 0.6) is 0 Å². The first-order chi connectivity index (χ1) is 10.2. The zero-order chi connectivity index (χ0) is 16.9. The third kappa shape index (κ3) is 5.25. The number of carbonyl (C=O) groups excluding carboxylic acids is 2. The van der Waals surface area contributed by atoms with E-state index in [1.54, 1.807) is 4.90 Å². The molecular weight excluding hydrogens is 286 g/mol. The minimum Gasteiger partial charge on any atom is -0.444 e. The van der Waals surface area contributed by atoms with E-state index in [0.29, 0.717) is 0 Å². The summed E-state index contributed by atoms with van der Waals surface area (Å²) in [7, 11) is 2.86.